The SMILES string of the molecule is COCl.[Zr+2].c1cc[cH-]c1.c1cc[cH-]c1. The fourth-order valence-electron chi connectivity index (χ4n) is 0.642. The summed E-state index contributed by atoms with van der Waals surface area (Å²) in [6.07, 6.45) is 0. The van der Waals surface area contributed by atoms with Crippen LogP contribution in [0.5, 0.6) is 0 Å². The van der Waals surface area contributed by atoms with Gasteiger partial charge in [0.05, 0.1) is 19.0 Å². The molecule has 0 aliphatic rings. The van der Waals surface area contributed by atoms with E-state index in [0.29, 0.717) is 0 Å². The Kier molecular flexibility index (Phi) is 17.8. The molecule has 0 amide bonds. The van der Waals surface area contributed by atoms with Gasteiger partial charge in [0.15, 0.2) is 0 Å². The minimum atomic E-state index is 0. The molecular weight excluding hydrogens is 275 g/mol. The average molecular weight is 288 g/mol. The molecule has 0 saturated carbocycles. The third kappa shape index (κ3) is 14.4. The van der Waals surface area contributed by atoms with E-state index in [2.05, 4.69) is 16.2 Å². The fourth-order valence-corrected chi connectivity index (χ4v) is 0.642. The molecule has 0 radical (unpaired) electrons. The van der Waals surface area contributed by atoms with Crippen molar-refractivity contribution >= 4 is 11.9 Å². The second kappa shape index (κ2) is 15.3. The van der Waals surface area contributed by atoms with Crippen molar-refractivity contribution < 1.29 is 30.5 Å². The van der Waals surface area contributed by atoms with E-state index in [4.69, 9.17) is 0 Å². The molecule has 2 rings (SSSR count). The van der Waals surface area contributed by atoms with Crippen LogP contribution in [0.2, 0.25) is 0 Å². The maximum absolute atomic E-state index is 4.50. The smallest absolute Gasteiger partial charge is 0.283 e. The van der Waals surface area contributed by atoms with Gasteiger partial charge in [-0.15, -0.1) is 0 Å². The first kappa shape index (κ1) is 16.3. The monoisotopic (exact) mass is 286 g/mol. The van der Waals surface area contributed by atoms with Crippen LogP contribution in [0.15, 0.2) is 60.7 Å². The average Bonchev–Trinajstić information content (AvgIpc) is 2.85. The van der Waals surface area contributed by atoms with Crippen LogP contribution in [0.4, 0.5) is 0 Å². The van der Waals surface area contributed by atoms with E-state index in [1.807, 2.05) is 60.7 Å². The predicted molar refractivity (Wildman–Crippen MR) is 56.9 cm³/mol. The Labute approximate surface area is 110 Å². The van der Waals surface area contributed by atoms with Gasteiger partial charge in [-0.2, -0.15) is 36.4 Å². The Hall–Kier alpha value is -0.167. The molecule has 0 N–H and O–H groups in total. The molecule has 14 heavy (non-hydrogen) atoms. The molecule has 0 aromatic heterocycles. The van der Waals surface area contributed by atoms with Gasteiger partial charge in [0, 0.05) is 0 Å². The minimum Gasteiger partial charge on any atom is -0.283 e. The third-order valence-electron chi connectivity index (χ3n) is 1.11. The van der Waals surface area contributed by atoms with E-state index in [-0.39, 0.29) is 26.2 Å². The first-order valence-electron chi connectivity index (χ1n) is 3.90. The molecule has 2 aromatic rings. The Morgan fingerprint density at radius 2 is 1.07 bits per heavy atom. The van der Waals surface area contributed by atoms with E-state index >= 15 is 0 Å². The van der Waals surface area contributed by atoms with Crippen molar-refractivity contribution in [3.63, 3.8) is 0 Å². The van der Waals surface area contributed by atoms with Crippen LogP contribution in [0.1, 0.15) is 0 Å². The van der Waals surface area contributed by atoms with Gasteiger partial charge in [0.25, 0.3) is 0 Å². The van der Waals surface area contributed by atoms with Gasteiger partial charge in [0.2, 0.25) is 0 Å². The molecule has 0 aliphatic carbocycles. The van der Waals surface area contributed by atoms with Crippen LogP contribution in [-0.2, 0) is 30.5 Å². The summed E-state index contributed by atoms with van der Waals surface area (Å²) in [5, 5.41) is 0. The summed E-state index contributed by atoms with van der Waals surface area (Å²) in [4.78, 5) is 0. The van der Waals surface area contributed by atoms with Gasteiger partial charge in [0.1, 0.15) is 0 Å². The molecule has 0 aliphatic heterocycles. The van der Waals surface area contributed by atoms with E-state index < -0.39 is 0 Å². The van der Waals surface area contributed by atoms with Gasteiger partial charge < -0.3 is 0 Å². The molecule has 0 atom stereocenters. The largest absolute Gasteiger partial charge is 2.00 e. The molecule has 2 aromatic carbocycles. The normalized spacial score (nSPS) is 7.00. The van der Waals surface area contributed by atoms with E-state index in [1.165, 1.54) is 7.11 Å². The summed E-state index contributed by atoms with van der Waals surface area (Å²) in [5.41, 5.74) is 0. The maximum Gasteiger partial charge on any atom is 2.00 e. The summed E-state index contributed by atoms with van der Waals surface area (Å²) in [6, 6.07) is 20.0. The van der Waals surface area contributed by atoms with Crippen molar-refractivity contribution in [1.29, 1.82) is 0 Å². The van der Waals surface area contributed by atoms with Gasteiger partial charge in [-0.25, -0.2) is 24.3 Å². The molecular formula is C11H13ClOZr. The molecule has 0 heterocycles. The standard InChI is InChI=1S/2C5H5.CH3ClO.Zr/c2*1-2-4-5-3-1;1-3-2;/h2*1-5H;1H3;/q2*-1;;+2. The van der Waals surface area contributed by atoms with E-state index in [9.17, 15) is 0 Å². The first-order chi connectivity index (χ1) is 6.41. The number of halogens is 1. The van der Waals surface area contributed by atoms with Gasteiger partial charge in [-0.05, 0) is 0 Å². The summed E-state index contributed by atoms with van der Waals surface area (Å²) in [5.74, 6) is 0. The van der Waals surface area contributed by atoms with Gasteiger partial charge in [-0.3, -0.25) is 4.29 Å². The molecule has 0 saturated heterocycles. The zero-order chi connectivity index (χ0) is 9.78. The Balaban J connectivity index is 0. The first-order valence-corrected chi connectivity index (χ1v) is 4.20. The van der Waals surface area contributed by atoms with Crippen LogP contribution < -0.4 is 0 Å². The van der Waals surface area contributed by atoms with Crippen molar-refractivity contribution in [2.24, 2.45) is 0 Å². The van der Waals surface area contributed by atoms with Crippen LogP contribution >= 0.6 is 11.9 Å². The van der Waals surface area contributed by atoms with E-state index in [0.717, 1.165) is 0 Å². The number of hydrogen-bond acceptors (Lipinski definition) is 1. The van der Waals surface area contributed by atoms with Crippen LogP contribution in [0.25, 0.3) is 0 Å². The summed E-state index contributed by atoms with van der Waals surface area (Å²) in [6.45, 7) is 0. The van der Waals surface area contributed by atoms with Crippen molar-refractivity contribution in [3.8, 4) is 0 Å². The van der Waals surface area contributed by atoms with Crippen LogP contribution in [0, 0.1) is 0 Å². The van der Waals surface area contributed by atoms with Crippen molar-refractivity contribution in [1.82, 2.24) is 0 Å². The molecule has 74 valence electrons. The Morgan fingerprint density at radius 3 is 1.14 bits per heavy atom. The van der Waals surface area contributed by atoms with Gasteiger partial charge in [-0.1, -0.05) is 0 Å². The Bertz CT molecular complexity index is 167. The molecule has 0 fully saturated rings. The quantitative estimate of drug-likeness (QED) is 0.673. The van der Waals surface area contributed by atoms with Gasteiger partial charge >= 0.3 is 26.2 Å². The molecule has 1 nitrogen and oxygen atoms in total. The minimum absolute atomic E-state index is 0. The van der Waals surface area contributed by atoms with E-state index in [1.54, 1.807) is 0 Å². The maximum atomic E-state index is 4.50. The summed E-state index contributed by atoms with van der Waals surface area (Å²) >= 11 is 4.50. The second-order valence-corrected chi connectivity index (χ2v) is 2.39. The summed E-state index contributed by atoms with van der Waals surface area (Å²) < 4.78 is 3.72. The number of rotatable bonds is 0. The summed E-state index contributed by atoms with van der Waals surface area (Å²) in [7, 11) is 1.39. The topological polar surface area (TPSA) is 9.23 Å². The zero-order valence-corrected chi connectivity index (χ0v) is 11.3. The van der Waals surface area contributed by atoms with Crippen LogP contribution in [-0.4, -0.2) is 7.11 Å². The molecule has 0 spiro atoms. The molecule has 3 heteroatoms. The third-order valence-corrected chi connectivity index (χ3v) is 1.11. The van der Waals surface area contributed by atoms with Crippen molar-refractivity contribution in [2.45, 2.75) is 0 Å². The fraction of sp³-hybridized carbons (Fsp3) is 0.0909. The molecule has 0 bridgehead atoms. The number of hydrogen-bond donors (Lipinski definition) is 0. The van der Waals surface area contributed by atoms with Crippen LogP contribution in [0.3, 0.4) is 0 Å². The Morgan fingerprint density at radius 1 is 0.857 bits per heavy atom. The second-order valence-electron chi connectivity index (χ2n) is 2.08. The molecule has 0 unspecified atom stereocenters. The van der Waals surface area contributed by atoms with Crippen molar-refractivity contribution in [2.75, 3.05) is 7.11 Å². The zero-order valence-electron chi connectivity index (χ0n) is 8.06. The predicted octanol–water partition coefficient (Wildman–Crippen LogP) is 3.60. The van der Waals surface area contributed by atoms with Crippen molar-refractivity contribution in [3.05, 3.63) is 60.7 Å².